The Kier molecular flexibility index (Phi) is 6.17. The van der Waals surface area contributed by atoms with Crippen LogP contribution in [0.1, 0.15) is 78.2 Å². The molecule has 1 heterocycles. The zero-order valence-electron chi connectivity index (χ0n) is 19.9. The molecule has 1 aliphatic rings. The molecule has 2 aromatic rings. The normalized spacial score (nSPS) is 15.3. The lowest BCUT2D eigenvalue weighted by molar-refractivity contribution is -0.117. The second-order valence-electron chi connectivity index (χ2n) is 9.66. The van der Waals surface area contributed by atoms with Gasteiger partial charge in [0, 0.05) is 23.6 Å². The molecule has 1 unspecified atom stereocenters. The van der Waals surface area contributed by atoms with Gasteiger partial charge in [-0.25, -0.2) is 0 Å². The van der Waals surface area contributed by atoms with E-state index in [0.29, 0.717) is 24.3 Å². The molecule has 1 amide bonds. The molecule has 0 saturated carbocycles. The van der Waals surface area contributed by atoms with E-state index in [-0.39, 0.29) is 23.0 Å². The van der Waals surface area contributed by atoms with E-state index in [2.05, 4.69) is 26.1 Å². The molecule has 5 heteroatoms. The van der Waals surface area contributed by atoms with Gasteiger partial charge in [0.1, 0.15) is 11.5 Å². The first-order valence-corrected chi connectivity index (χ1v) is 10.7. The highest BCUT2D eigenvalue weighted by atomic mass is 16.5. The fraction of sp³-hybridized carbons (Fsp3) is 0.462. The maximum atomic E-state index is 12.7. The lowest BCUT2D eigenvalue weighted by atomic mass is 9.85. The summed E-state index contributed by atoms with van der Waals surface area (Å²) < 4.78 is 11.6. The molecule has 2 aromatic carbocycles. The van der Waals surface area contributed by atoms with Crippen molar-refractivity contribution >= 4 is 17.4 Å². The minimum Gasteiger partial charge on any atom is -0.496 e. The summed E-state index contributed by atoms with van der Waals surface area (Å²) in [5, 5.41) is 3.16. The van der Waals surface area contributed by atoms with E-state index in [1.165, 1.54) is 6.92 Å². The van der Waals surface area contributed by atoms with E-state index in [4.69, 9.17) is 9.47 Å². The van der Waals surface area contributed by atoms with Crippen molar-refractivity contribution in [2.45, 2.75) is 60.8 Å². The van der Waals surface area contributed by atoms with Gasteiger partial charge in [-0.3, -0.25) is 9.59 Å². The summed E-state index contributed by atoms with van der Waals surface area (Å²) in [5.74, 6) is 1.45. The Labute approximate surface area is 185 Å². The molecule has 0 radical (unpaired) electrons. The van der Waals surface area contributed by atoms with E-state index < -0.39 is 0 Å². The fourth-order valence-electron chi connectivity index (χ4n) is 4.33. The molecule has 1 aliphatic heterocycles. The lowest BCUT2D eigenvalue weighted by Crippen LogP contribution is -2.21. The number of carbonyl (C=O) groups excluding carboxylic acids is 2. The van der Waals surface area contributed by atoms with Crippen LogP contribution in [0.3, 0.4) is 0 Å². The van der Waals surface area contributed by atoms with E-state index in [0.717, 1.165) is 39.3 Å². The zero-order chi connectivity index (χ0) is 23.1. The first kappa shape index (κ1) is 22.9. The molecule has 166 valence electrons. The second kappa shape index (κ2) is 8.37. The third-order valence-corrected chi connectivity index (χ3v) is 6.01. The van der Waals surface area contributed by atoms with Crippen molar-refractivity contribution in [2.75, 3.05) is 19.0 Å². The number of ether oxygens (including phenoxy) is 2. The predicted molar refractivity (Wildman–Crippen MR) is 124 cm³/mol. The zero-order valence-corrected chi connectivity index (χ0v) is 19.9. The number of amides is 1. The van der Waals surface area contributed by atoms with E-state index in [1.54, 1.807) is 7.11 Å². The molecule has 0 bridgehead atoms. The van der Waals surface area contributed by atoms with Crippen molar-refractivity contribution in [1.29, 1.82) is 0 Å². The van der Waals surface area contributed by atoms with Crippen molar-refractivity contribution in [3.8, 4) is 11.5 Å². The number of nitrogens with one attached hydrogen (secondary N) is 1. The number of benzene rings is 2. The number of rotatable bonds is 5. The van der Waals surface area contributed by atoms with Crippen LogP contribution in [0.5, 0.6) is 11.5 Å². The molecule has 0 aliphatic carbocycles. The fourth-order valence-corrected chi connectivity index (χ4v) is 4.33. The maximum Gasteiger partial charge on any atom is 0.224 e. The highest BCUT2D eigenvalue weighted by Crippen LogP contribution is 2.47. The van der Waals surface area contributed by atoms with Gasteiger partial charge in [0.25, 0.3) is 0 Å². The summed E-state index contributed by atoms with van der Waals surface area (Å²) >= 11 is 0. The number of ketones is 1. The van der Waals surface area contributed by atoms with E-state index in [1.807, 2.05) is 39.0 Å². The maximum absolute atomic E-state index is 12.7. The largest absolute Gasteiger partial charge is 0.496 e. The molecule has 1 N–H and O–H groups in total. The summed E-state index contributed by atoms with van der Waals surface area (Å²) in [7, 11) is 1.58. The van der Waals surface area contributed by atoms with Gasteiger partial charge in [-0.2, -0.15) is 0 Å². The number of carbonyl (C=O) groups is 2. The van der Waals surface area contributed by atoms with Crippen molar-refractivity contribution in [3.05, 3.63) is 51.6 Å². The minimum atomic E-state index is -0.0850. The van der Waals surface area contributed by atoms with Crippen LogP contribution >= 0.6 is 0 Å². The molecule has 0 aromatic heterocycles. The van der Waals surface area contributed by atoms with Gasteiger partial charge in [-0.15, -0.1) is 0 Å². The van der Waals surface area contributed by atoms with Crippen molar-refractivity contribution < 1.29 is 19.1 Å². The SMILES string of the molecule is COc1cc(C2COc3c(C)c(C)c(NC(=O)CC(C)(C)C)c(C)c32)ccc1C(C)=O. The number of hydrogen-bond donors (Lipinski definition) is 1. The Morgan fingerprint density at radius 1 is 1.13 bits per heavy atom. The Morgan fingerprint density at radius 2 is 1.81 bits per heavy atom. The van der Waals surface area contributed by atoms with Crippen LogP contribution in [0.25, 0.3) is 0 Å². The lowest BCUT2D eigenvalue weighted by Gasteiger charge is -2.22. The summed E-state index contributed by atoms with van der Waals surface area (Å²) in [6.45, 7) is 14.3. The Morgan fingerprint density at radius 3 is 2.39 bits per heavy atom. The van der Waals surface area contributed by atoms with Crippen LogP contribution in [0.15, 0.2) is 18.2 Å². The van der Waals surface area contributed by atoms with Gasteiger partial charge in [0.05, 0.1) is 19.3 Å². The first-order chi connectivity index (χ1) is 14.4. The molecule has 0 spiro atoms. The number of hydrogen-bond acceptors (Lipinski definition) is 4. The molecular formula is C26H33NO4. The van der Waals surface area contributed by atoms with Gasteiger partial charge >= 0.3 is 0 Å². The van der Waals surface area contributed by atoms with Gasteiger partial charge in [0.15, 0.2) is 5.78 Å². The smallest absolute Gasteiger partial charge is 0.224 e. The van der Waals surface area contributed by atoms with Crippen molar-refractivity contribution in [2.24, 2.45) is 5.41 Å². The standard InChI is InChI=1S/C26H33NO4/c1-14-15(2)25-23(16(3)24(14)27-22(29)12-26(5,6)7)20(13-31-25)18-9-10-19(17(4)28)21(11-18)30-8/h9-11,20H,12-13H2,1-8H3,(H,27,29). The highest BCUT2D eigenvalue weighted by molar-refractivity contribution is 5.97. The molecular weight excluding hydrogens is 390 g/mol. The summed E-state index contributed by atoms with van der Waals surface area (Å²) in [6, 6.07) is 5.71. The van der Waals surface area contributed by atoms with Crippen LogP contribution in [-0.4, -0.2) is 25.4 Å². The third kappa shape index (κ3) is 4.46. The van der Waals surface area contributed by atoms with Crippen LogP contribution in [-0.2, 0) is 4.79 Å². The quantitative estimate of drug-likeness (QED) is 0.625. The minimum absolute atomic E-state index is 0.00229. The second-order valence-corrected chi connectivity index (χ2v) is 9.66. The molecule has 31 heavy (non-hydrogen) atoms. The summed E-state index contributed by atoms with van der Waals surface area (Å²) in [4.78, 5) is 24.6. The first-order valence-electron chi connectivity index (χ1n) is 10.7. The van der Waals surface area contributed by atoms with Crippen LogP contribution < -0.4 is 14.8 Å². The summed E-state index contributed by atoms with van der Waals surface area (Å²) in [5.41, 5.74) is 6.57. The third-order valence-electron chi connectivity index (χ3n) is 6.01. The highest BCUT2D eigenvalue weighted by Gasteiger charge is 2.33. The molecule has 3 rings (SSSR count). The predicted octanol–water partition coefficient (Wildman–Crippen LogP) is 5.72. The number of Topliss-reactive ketones (excluding diaryl/α,β-unsaturated/α-hetero) is 1. The molecule has 0 saturated heterocycles. The van der Waals surface area contributed by atoms with Gasteiger partial charge in [-0.05, 0) is 67.5 Å². The summed E-state index contributed by atoms with van der Waals surface area (Å²) in [6.07, 6.45) is 0.450. The Bertz CT molecular complexity index is 1050. The van der Waals surface area contributed by atoms with Crippen LogP contribution in [0.2, 0.25) is 0 Å². The number of anilines is 1. The van der Waals surface area contributed by atoms with E-state index >= 15 is 0 Å². The molecule has 5 nitrogen and oxygen atoms in total. The van der Waals surface area contributed by atoms with Gasteiger partial charge in [-0.1, -0.05) is 26.8 Å². The van der Waals surface area contributed by atoms with Crippen LogP contribution in [0.4, 0.5) is 5.69 Å². The topological polar surface area (TPSA) is 64.6 Å². The van der Waals surface area contributed by atoms with Crippen molar-refractivity contribution in [1.82, 2.24) is 0 Å². The van der Waals surface area contributed by atoms with Gasteiger partial charge < -0.3 is 14.8 Å². The monoisotopic (exact) mass is 423 g/mol. The number of methoxy groups -OCH3 is 1. The Hall–Kier alpha value is -2.82. The van der Waals surface area contributed by atoms with Crippen molar-refractivity contribution in [3.63, 3.8) is 0 Å². The van der Waals surface area contributed by atoms with E-state index in [9.17, 15) is 9.59 Å². The van der Waals surface area contributed by atoms with Gasteiger partial charge in [0.2, 0.25) is 5.91 Å². The number of fused-ring (bicyclic) bond motifs is 1. The average molecular weight is 424 g/mol. The van der Waals surface area contributed by atoms with Crippen LogP contribution in [0, 0.1) is 26.2 Å². The average Bonchev–Trinajstić information content (AvgIpc) is 3.13. The molecule has 1 atom stereocenters. The Balaban J connectivity index is 2.06. The molecule has 0 fully saturated rings.